The molecule has 0 spiro atoms. The number of nitrogens with one attached hydrogen (secondary N) is 1. The highest BCUT2D eigenvalue weighted by Crippen LogP contribution is 2.11. The van der Waals surface area contributed by atoms with Crippen LogP contribution in [0.1, 0.15) is 22.5 Å². The van der Waals surface area contributed by atoms with Crippen LogP contribution >= 0.6 is 0 Å². The predicted molar refractivity (Wildman–Crippen MR) is 67.4 cm³/mol. The summed E-state index contributed by atoms with van der Waals surface area (Å²) in [5.41, 5.74) is 0.785. The number of esters is 1. The lowest BCUT2D eigenvalue weighted by molar-refractivity contribution is 0.0563. The van der Waals surface area contributed by atoms with E-state index < -0.39 is 5.97 Å². The van der Waals surface area contributed by atoms with Crippen molar-refractivity contribution in [3.63, 3.8) is 0 Å². The molecule has 0 aliphatic rings. The zero-order valence-corrected chi connectivity index (χ0v) is 10.6. The lowest BCUT2D eigenvalue weighted by atomic mass is 10.2. The summed E-state index contributed by atoms with van der Waals surface area (Å²) < 4.78 is 15.0. The summed E-state index contributed by atoms with van der Waals surface area (Å²) in [6, 6.07) is 1.75. The SMILES string of the molecule is C=CCCOCCNCc1ccoc1C(=O)OC. The molecule has 0 saturated carbocycles. The summed E-state index contributed by atoms with van der Waals surface area (Å²) >= 11 is 0. The molecule has 1 heterocycles. The van der Waals surface area contributed by atoms with Crippen LogP contribution in [0.25, 0.3) is 0 Å². The van der Waals surface area contributed by atoms with Gasteiger partial charge in [0.1, 0.15) is 0 Å². The molecule has 0 aliphatic carbocycles. The standard InChI is InChI=1S/C13H19NO4/c1-3-4-7-17-9-6-14-10-11-5-8-18-12(11)13(15)16-2/h3,5,8,14H,1,4,6-7,9-10H2,2H3. The van der Waals surface area contributed by atoms with Gasteiger partial charge >= 0.3 is 5.97 Å². The highest BCUT2D eigenvalue weighted by molar-refractivity contribution is 5.87. The molecule has 0 amide bonds. The van der Waals surface area contributed by atoms with E-state index in [0.29, 0.717) is 26.3 Å². The van der Waals surface area contributed by atoms with E-state index in [-0.39, 0.29) is 5.76 Å². The Bertz CT molecular complexity index is 373. The van der Waals surface area contributed by atoms with Crippen molar-refractivity contribution in [2.24, 2.45) is 0 Å². The van der Waals surface area contributed by atoms with Crippen molar-refractivity contribution in [2.75, 3.05) is 26.9 Å². The van der Waals surface area contributed by atoms with Gasteiger partial charge in [-0.3, -0.25) is 0 Å². The maximum absolute atomic E-state index is 11.3. The van der Waals surface area contributed by atoms with Crippen LogP contribution in [0.3, 0.4) is 0 Å². The number of hydrogen-bond donors (Lipinski definition) is 1. The average Bonchev–Trinajstić information content (AvgIpc) is 2.85. The van der Waals surface area contributed by atoms with Crippen molar-refractivity contribution < 1.29 is 18.7 Å². The monoisotopic (exact) mass is 253 g/mol. The fraction of sp³-hybridized carbons (Fsp3) is 0.462. The minimum absolute atomic E-state index is 0.248. The Balaban J connectivity index is 2.21. The van der Waals surface area contributed by atoms with Crippen molar-refractivity contribution in [1.29, 1.82) is 0 Å². The lowest BCUT2D eigenvalue weighted by Crippen LogP contribution is -2.20. The third-order valence-corrected chi connectivity index (χ3v) is 2.32. The molecule has 5 heteroatoms. The van der Waals surface area contributed by atoms with Crippen LogP contribution in [0.4, 0.5) is 0 Å². The highest BCUT2D eigenvalue weighted by Gasteiger charge is 2.14. The molecule has 5 nitrogen and oxygen atoms in total. The molecule has 1 aromatic rings. The van der Waals surface area contributed by atoms with E-state index in [2.05, 4.69) is 16.6 Å². The van der Waals surface area contributed by atoms with Crippen LogP contribution in [-0.4, -0.2) is 32.8 Å². The number of hydrogen-bond acceptors (Lipinski definition) is 5. The summed E-state index contributed by atoms with van der Waals surface area (Å²) in [7, 11) is 1.33. The van der Waals surface area contributed by atoms with Gasteiger partial charge in [-0.2, -0.15) is 0 Å². The van der Waals surface area contributed by atoms with Crippen LogP contribution < -0.4 is 5.32 Å². The zero-order chi connectivity index (χ0) is 13.2. The fourth-order valence-electron chi connectivity index (χ4n) is 1.38. The molecule has 0 unspecified atom stereocenters. The molecule has 1 N–H and O–H groups in total. The maximum atomic E-state index is 11.3. The first kappa shape index (κ1) is 14.5. The molecule has 18 heavy (non-hydrogen) atoms. The Morgan fingerprint density at radius 2 is 2.39 bits per heavy atom. The molecule has 0 aliphatic heterocycles. The molecule has 1 rings (SSSR count). The molecule has 1 aromatic heterocycles. The second-order valence-corrected chi connectivity index (χ2v) is 3.63. The minimum Gasteiger partial charge on any atom is -0.463 e. The highest BCUT2D eigenvalue weighted by atomic mass is 16.5. The Kier molecular flexibility index (Phi) is 6.83. The molecule has 0 radical (unpaired) electrons. The Morgan fingerprint density at radius 1 is 1.56 bits per heavy atom. The quantitative estimate of drug-likeness (QED) is 0.413. The molecular formula is C13H19NO4. The molecule has 100 valence electrons. The Morgan fingerprint density at radius 3 is 3.11 bits per heavy atom. The van der Waals surface area contributed by atoms with Crippen molar-refractivity contribution in [3.8, 4) is 0 Å². The fourth-order valence-corrected chi connectivity index (χ4v) is 1.38. The van der Waals surface area contributed by atoms with E-state index in [0.717, 1.165) is 12.0 Å². The first-order valence-corrected chi connectivity index (χ1v) is 5.83. The van der Waals surface area contributed by atoms with Gasteiger partial charge in [0.25, 0.3) is 0 Å². The zero-order valence-electron chi connectivity index (χ0n) is 10.6. The molecule has 0 aromatic carbocycles. The van der Waals surface area contributed by atoms with Crippen LogP contribution in [0, 0.1) is 0 Å². The van der Waals surface area contributed by atoms with Gasteiger partial charge in [-0.05, 0) is 12.5 Å². The van der Waals surface area contributed by atoms with Gasteiger partial charge in [-0.15, -0.1) is 6.58 Å². The van der Waals surface area contributed by atoms with Gasteiger partial charge in [-0.25, -0.2) is 4.79 Å². The van der Waals surface area contributed by atoms with Gasteiger partial charge in [-0.1, -0.05) is 6.08 Å². The van der Waals surface area contributed by atoms with E-state index in [9.17, 15) is 4.79 Å². The van der Waals surface area contributed by atoms with Crippen molar-refractivity contribution in [3.05, 3.63) is 36.3 Å². The second-order valence-electron chi connectivity index (χ2n) is 3.63. The number of methoxy groups -OCH3 is 1. The predicted octanol–water partition coefficient (Wildman–Crippen LogP) is 1.75. The van der Waals surface area contributed by atoms with E-state index in [4.69, 9.17) is 9.15 Å². The molecule has 0 saturated heterocycles. The minimum atomic E-state index is -0.459. The topological polar surface area (TPSA) is 60.7 Å². The van der Waals surface area contributed by atoms with E-state index in [1.165, 1.54) is 13.4 Å². The number of ether oxygens (including phenoxy) is 2. The largest absolute Gasteiger partial charge is 0.463 e. The van der Waals surface area contributed by atoms with E-state index in [1.54, 1.807) is 6.07 Å². The van der Waals surface area contributed by atoms with Crippen LogP contribution in [0.2, 0.25) is 0 Å². The summed E-state index contributed by atoms with van der Waals surface area (Å²) in [6.45, 7) is 6.18. The number of carbonyl (C=O) groups excluding carboxylic acids is 1. The van der Waals surface area contributed by atoms with Gasteiger partial charge in [0.05, 0.1) is 26.6 Å². The summed E-state index contributed by atoms with van der Waals surface area (Å²) in [4.78, 5) is 11.3. The van der Waals surface area contributed by atoms with Crippen LogP contribution in [-0.2, 0) is 16.0 Å². The molecule has 0 fully saturated rings. The Labute approximate surface area is 107 Å². The summed E-state index contributed by atoms with van der Waals surface area (Å²) in [6.07, 6.45) is 4.15. The molecule has 0 bridgehead atoms. The maximum Gasteiger partial charge on any atom is 0.374 e. The smallest absolute Gasteiger partial charge is 0.374 e. The van der Waals surface area contributed by atoms with E-state index >= 15 is 0 Å². The molecular weight excluding hydrogens is 234 g/mol. The number of rotatable bonds is 9. The summed E-state index contributed by atoms with van der Waals surface area (Å²) in [5, 5.41) is 3.17. The Hall–Kier alpha value is -1.59. The van der Waals surface area contributed by atoms with Gasteiger partial charge in [0, 0.05) is 18.7 Å². The summed E-state index contributed by atoms with van der Waals surface area (Å²) in [5.74, 6) is -0.211. The lowest BCUT2D eigenvalue weighted by Gasteiger charge is -2.05. The normalized spacial score (nSPS) is 10.3. The van der Waals surface area contributed by atoms with Gasteiger partial charge in [0.2, 0.25) is 5.76 Å². The third kappa shape index (κ3) is 4.73. The first-order chi connectivity index (χ1) is 8.79. The van der Waals surface area contributed by atoms with Gasteiger partial charge < -0.3 is 19.2 Å². The van der Waals surface area contributed by atoms with Crippen molar-refractivity contribution >= 4 is 5.97 Å². The number of carbonyl (C=O) groups is 1. The van der Waals surface area contributed by atoms with E-state index in [1.807, 2.05) is 6.08 Å². The molecule has 0 atom stereocenters. The average molecular weight is 253 g/mol. The third-order valence-electron chi connectivity index (χ3n) is 2.32. The second kappa shape index (κ2) is 8.49. The van der Waals surface area contributed by atoms with Crippen LogP contribution in [0.5, 0.6) is 0 Å². The van der Waals surface area contributed by atoms with Crippen molar-refractivity contribution in [2.45, 2.75) is 13.0 Å². The van der Waals surface area contributed by atoms with Crippen molar-refractivity contribution in [1.82, 2.24) is 5.32 Å². The first-order valence-electron chi connectivity index (χ1n) is 5.83. The van der Waals surface area contributed by atoms with Crippen LogP contribution in [0.15, 0.2) is 29.4 Å². The number of furan rings is 1. The van der Waals surface area contributed by atoms with Gasteiger partial charge in [0.15, 0.2) is 0 Å².